The van der Waals surface area contributed by atoms with E-state index in [9.17, 15) is 4.79 Å². The average molecular weight is 243 g/mol. The molecule has 0 amide bonds. The normalized spacial score (nSPS) is 10.3. The van der Waals surface area contributed by atoms with Crippen LogP contribution in [0.4, 0.5) is 0 Å². The zero-order chi connectivity index (χ0) is 13.0. The van der Waals surface area contributed by atoms with Crippen molar-refractivity contribution in [1.82, 2.24) is 4.98 Å². The SMILES string of the molecule is CCOC(=O)c1cc(CC)c(-c2ccccc2)[nH]1. The number of aryl methyl sites for hydroxylation is 1. The third-order valence-corrected chi connectivity index (χ3v) is 2.84. The van der Waals surface area contributed by atoms with E-state index >= 15 is 0 Å². The predicted molar refractivity (Wildman–Crippen MR) is 71.6 cm³/mol. The molecule has 2 rings (SSSR count). The molecule has 94 valence electrons. The number of hydrogen-bond acceptors (Lipinski definition) is 2. The maximum Gasteiger partial charge on any atom is 0.354 e. The Morgan fingerprint density at radius 2 is 1.94 bits per heavy atom. The van der Waals surface area contributed by atoms with E-state index in [1.807, 2.05) is 36.4 Å². The molecule has 1 N–H and O–H groups in total. The number of carbonyl (C=O) groups is 1. The summed E-state index contributed by atoms with van der Waals surface area (Å²) in [6, 6.07) is 11.9. The van der Waals surface area contributed by atoms with Gasteiger partial charge in [-0.15, -0.1) is 0 Å². The second-order valence-electron chi connectivity index (χ2n) is 4.02. The fraction of sp³-hybridized carbons (Fsp3) is 0.267. The van der Waals surface area contributed by atoms with Crippen LogP contribution in [0.2, 0.25) is 0 Å². The molecule has 2 aromatic rings. The van der Waals surface area contributed by atoms with Gasteiger partial charge >= 0.3 is 5.97 Å². The molecule has 0 bridgehead atoms. The van der Waals surface area contributed by atoms with Gasteiger partial charge in [-0.1, -0.05) is 37.3 Å². The van der Waals surface area contributed by atoms with Gasteiger partial charge in [0.1, 0.15) is 5.69 Å². The fourth-order valence-electron chi connectivity index (χ4n) is 1.96. The molecule has 3 heteroatoms. The van der Waals surface area contributed by atoms with E-state index in [-0.39, 0.29) is 5.97 Å². The zero-order valence-corrected chi connectivity index (χ0v) is 10.7. The number of ether oxygens (including phenoxy) is 1. The maximum atomic E-state index is 11.7. The molecule has 0 spiro atoms. The van der Waals surface area contributed by atoms with E-state index in [0.29, 0.717) is 12.3 Å². The topological polar surface area (TPSA) is 42.1 Å². The molecule has 0 atom stereocenters. The largest absolute Gasteiger partial charge is 0.461 e. The van der Waals surface area contributed by atoms with Crippen LogP contribution in [0.1, 0.15) is 29.9 Å². The maximum absolute atomic E-state index is 11.7. The van der Waals surface area contributed by atoms with E-state index < -0.39 is 0 Å². The number of esters is 1. The van der Waals surface area contributed by atoms with Crippen LogP contribution < -0.4 is 0 Å². The van der Waals surface area contributed by atoms with Crippen molar-refractivity contribution >= 4 is 5.97 Å². The molecule has 18 heavy (non-hydrogen) atoms. The van der Waals surface area contributed by atoms with Gasteiger partial charge < -0.3 is 9.72 Å². The first kappa shape index (κ1) is 12.4. The number of rotatable bonds is 4. The summed E-state index contributed by atoms with van der Waals surface area (Å²) in [5.41, 5.74) is 3.74. The Morgan fingerprint density at radius 1 is 1.22 bits per heavy atom. The molecule has 0 aliphatic carbocycles. The number of nitrogens with one attached hydrogen (secondary N) is 1. The molecule has 0 saturated carbocycles. The molecule has 0 saturated heterocycles. The molecular weight excluding hydrogens is 226 g/mol. The van der Waals surface area contributed by atoms with Gasteiger partial charge in [0, 0.05) is 5.69 Å². The lowest BCUT2D eigenvalue weighted by molar-refractivity contribution is 0.0520. The van der Waals surface area contributed by atoms with Gasteiger partial charge in [-0.3, -0.25) is 0 Å². The quantitative estimate of drug-likeness (QED) is 0.836. The number of hydrogen-bond donors (Lipinski definition) is 1. The number of aromatic amines is 1. The Hall–Kier alpha value is -2.03. The molecule has 1 aromatic heterocycles. The molecule has 3 nitrogen and oxygen atoms in total. The Kier molecular flexibility index (Phi) is 3.82. The second-order valence-corrected chi connectivity index (χ2v) is 4.02. The highest BCUT2D eigenvalue weighted by atomic mass is 16.5. The van der Waals surface area contributed by atoms with Gasteiger partial charge in [-0.2, -0.15) is 0 Å². The third kappa shape index (κ3) is 2.45. The summed E-state index contributed by atoms with van der Waals surface area (Å²) >= 11 is 0. The van der Waals surface area contributed by atoms with Crippen LogP contribution in [-0.4, -0.2) is 17.6 Å². The van der Waals surface area contributed by atoms with Crippen molar-refractivity contribution in [2.75, 3.05) is 6.61 Å². The van der Waals surface area contributed by atoms with Crippen molar-refractivity contribution in [2.45, 2.75) is 20.3 Å². The number of benzene rings is 1. The summed E-state index contributed by atoms with van der Waals surface area (Å²) in [6.45, 7) is 4.27. The van der Waals surface area contributed by atoms with Gasteiger partial charge in [0.2, 0.25) is 0 Å². The summed E-state index contributed by atoms with van der Waals surface area (Å²) in [5, 5.41) is 0. The van der Waals surface area contributed by atoms with Crippen LogP contribution in [0, 0.1) is 0 Å². The zero-order valence-electron chi connectivity index (χ0n) is 10.7. The van der Waals surface area contributed by atoms with E-state index in [2.05, 4.69) is 11.9 Å². The molecule has 0 aliphatic heterocycles. The summed E-state index contributed by atoms with van der Waals surface area (Å²) < 4.78 is 5.01. The van der Waals surface area contributed by atoms with Gasteiger partial charge in [0.05, 0.1) is 6.61 Å². The number of carbonyl (C=O) groups excluding carboxylic acids is 1. The monoisotopic (exact) mass is 243 g/mol. The van der Waals surface area contributed by atoms with Gasteiger partial charge in [-0.25, -0.2) is 4.79 Å². The minimum atomic E-state index is -0.297. The highest BCUT2D eigenvalue weighted by Gasteiger charge is 2.14. The van der Waals surface area contributed by atoms with Crippen molar-refractivity contribution in [3.05, 3.63) is 47.7 Å². The summed E-state index contributed by atoms with van der Waals surface area (Å²) in [5.74, 6) is -0.297. The highest BCUT2D eigenvalue weighted by Crippen LogP contribution is 2.24. The standard InChI is InChI=1S/C15H17NO2/c1-3-11-10-13(15(17)18-4-2)16-14(11)12-8-6-5-7-9-12/h5-10,16H,3-4H2,1-2H3. The van der Waals surface area contributed by atoms with Crippen LogP contribution in [0.5, 0.6) is 0 Å². The molecular formula is C15H17NO2. The first-order valence-electron chi connectivity index (χ1n) is 6.20. The molecule has 1 heterocycles. The van der Waals surface area contributed by atoms with Gasteiger partial charge in [0.15, 0.2) is 0 Å². The van der Waals surface area contributed by atoms with Crippen molar-refractivity contribution in [2.24, 2.45) is 0 Å². The van der Waals surface area contributed by atoms with Crippen LogP contribution >= 0.6 is 0 Å². The number of aromatic nitrogens is 1. The van der Waals surface area contributed by atoms with Crippen LogP contribution in [0.3, 0.4) is 0 Å². The Bertz CT molecular complexity index is 529. The lowest BCUT2D eigenvalue weighted by Gasteiger charge is -2.01. The predicted octanol–water partition coefficient (Wildman–Crippen LogP) is 3.42. The van der Waals surface area contributed by atoms with Crippen LogP contribution in [0.15, 0.2) is 36.4 Å². The van der Waals surface area contributed by atoms with E-state index in [4.69, 9.17) is 4.74 Å². The van der Waals surface area contributed by atoms with Gasteiger partial charge in [-0.05, 0) is 30.5 Å². The van der Waals surface area contributed by atoms with E-state index in [1.54, 1.807) is 6.92 Å². The fourth-order valence-corrected chi connectivity index (χ4v) is 1.96. The number of H-pyrrole nitrogens is 1. The molecule has 0 radical (unpaired) electrons. The highest BCUT2D eigenvalue weighted by molar-refractivity contribution is 5.89. The Morgan fingerprint density at radius 3 is 2.56 bits per heavy atom. The minimum Gasteiger partial charge on any atom is -0.461 e. The molecule has 1 aromatic carbocycles. The molecule has 0 unspecified atom stereocenters. The van der Waals surface area contributed by atoms with Crippen molar-refractivity contribution in [3.8, 4) is 11.3 Å². The minimum absolute atomic E-state index is 0.297. The summed E-state index contributed by atoms with van der Waals surface area (Å²) in [6.07, 6.45) is 0.875. The van der Waals surface area contributed by atoms with Crippen LogP contribution in [0.25, 0.3) is 11.3 Å². The summed E-state index contributed by atoms with van der Waals surface area (Å²) in [7, 11) is 0. The summed E-state index contributed by atoms with van der Waals surface area (Å²) in [4.78, 5) is 14.9. The van der Waals surface area contributed by atoms with Crippen molar-refractivity contribution in [1.29, 1.82) is 0 Å². The smallest absolute Gasteiger partial charge is 0.354 e. The van der Waals surface area contributed by atoms with Crippen LogP contribution in [-0.2, 0) is 11.2 Å². The second kappa shape index (κ2) is 5.54. The van der Waals surface area contributed by atoms with E-state index in [0.717, 1.165) is 23.2 Å². The lowest BCUT2D eigenvalue weighted by atomic mass is 10.1. The molecule has 0 fully saturated rings. The third-order valence-electron chi connectivity index (χ3n) is 2.84. The van der Waals surface area contributed by atoms with Crippen molar-refractivity contribution in [3.63, 3.8) is 0 Å². The molecule has 0 aliphatic rings. The lowest BCUT2D eigenvalue weighted by Crippen LogP contribution is -2.04. The Balaban J connectivity index is 2.39. The first-order chi connectivity index (χ1) is 8.76. The Labute approximate surface area is 107 Å². The van der Waals surface area contributed by atoms with Gasteiger partial charge in [0.25, 0.3) is 0 Å². The van der Waals surface area contributed by atoms with Crippen molar-refractivity contribution < 1.29 is 9.53 Å². The first-order valence-corrected chi connectivity index (χ1v) is 6.20. The van der Waals surface area contributed by atoms with E-state index in [1.165, 1.54) is 0 Å². The average Bonchev–Trinajstić information content (AvgIpc) is 2.84.